The van der Waals surface area contributed by atoms with Gasteiger partial charge in [-0.2, -0.15) is 5.10 Å². The number of benzene rings is 1. The van der Waals surface area contributed by atoms with E-state index in [1.54, 1.807) is 6.21 Å². The van der Waals surface area contributed by atoms with E-state index in [1.807, 2.05) is 23.9 Å². The summed E-state index contributed by atoms with van der Waals surface area (Å²) < 4.78 is 1.91. The van der Waals surface area contributed by atoms with Crippen LogP contribution in [0.1, 0.15) is 12.5 Å². The van der Waals surface area contributed by atoms with E-state index in [9.17, 15) is 0 Å². The van der Waals surface area contributed by atoms with Crippen LogP contribution in [0.25, 0.3) is 10.9 Å². The Morgan fingerprint density at radius 2 is 2.08 bits per heavy atom. The lowest BCUT2D eigenvalue weighted by Gasteiger charge is -1.94. The summed E-state index contributed by atoms with van der Waals surface area (Å²) in [7, 11) is 0. The summed E-state index contributed by atoms with van der Waals surface area (Å²) in [6.07, 6.45) is 3.84. The minimum atomic E-state index is 1.16. The van der Waals surface area contributed by atoms with Crippen molar-refractivity contribution in [1.29, 1.82) is 0 Å². The van der Waals surface area contributed by atoms with Gasteiger partial charge in [0.25, 0.3) is 0 Å². The summed E-state index contributed by atoms with van der Waals surface area (Å²) >= 11 is 0. The summed E-state index contributed by atoms with van der Waals surface area (Å²) in [4.78, 5) is 0. The number of rotatable bonds is 1. The molecular weight excluding hydrogens is 160 g/mol. The lowest BCUT2D eigenvalue weighted by Crippen LogP contribution is -1.84. The van der Waals surface area contributed by atoms with Crippen molar-refractivity contribution in [2.45, 2.75) is 13.8 Å². The van der Waals surface area contributed by atoms with Crippen molar-refractivity contribution in [2.24, 2.45) is 5.10 Å². The van der Waals surface area contributed by atoms with Gasteiger partial charge in [0.05, 0.1) is 5.52 Å². The lowest BCUT2D eigenvalue weighted by atomic mass is 10.2. The van der Waals surface area contributed by atoms with Crippen LogP contribution < -0.4 is 0 Å². The first kappa shape index (κ1) is 8.05. The van der Waals surface area contributed by atoms with E-state index in [0.717, 1.165) is 5.52 Å². The summed E-state index contributed by atoms with van der Waals surface area (Å²) in [6, 6.07) is 8.28. The molecule has 2 heteroatoms. The number of aryl methyl sites for hydroxylation is 1. The van der Waals surface area contributed by atoms with Gasteiger partial charge in [-0.25, -0.2) is 4.68 Å². The van der Waals surface area contributed by atoms with Crippen LogP contribution in [0.4, 0.5) is 0 Å². The third-order valence-corrected chi connectivity index (χ3v) is 2.13. The van der Waals surface area contributed by atoms with Crippen molar-refractivity contribution in [3.63, 3.8) is 0 Å². The molecule has 0 aliphatic heterocycles. The van der Waals surface area contributed by atoms with E-state index in [0.29, 0.717) is 0 Å². The van der Waals surface area contributed by atoms with Gasteiger partial charge in [-0.1, -0.05) is 18.2 Å². The molecule has 1 heterocycles. The highest BCUT2D eigenvalue weighted by Crippen LogP contribution is 2.19. The summed E-state index contributed by atoms with van der Waals surface area (Å²) in [5.74, 6) is 0. The Bertz CT molecular complexity index is 452. The fourth-order valence-corrected chi connectivity index (χ4v) is 1.55. The number of nitrogens with zero attached hydrogens (tertiary/aromatic N) is 2. The molecule has 0 aliphatic rings. The highest BCUT2D eigenvalue weighted by molar-refractivity contribution is 5.83. The molecule has 1 aromatic carbocycles. The third kappa shape index (κ3) is 1.24. The number of hydrogen-bond donors (Lipinski definition) is 0. The second-order valence-electron chi connectivity index (χ2n) is 3.05. The van der Waals surface area contributed by atoms with Gasteiger partial charge in [0.2, 0.25) is 0 Å². The standard InChI is InChI=1S/C11H12N2/c1-3-12-13-8-9(2)10-6-4-5-7-11(10)13/h3-8H,1-2H3/b12-3+. The van der Waals surface area contributed by atoms with Crippen molar-refractivity contribution in [1.82, 2.24) is 4.68 Å². The Morgan fingerprint density at radius 1 is 1.31 bits per heavy atom. The van der Waals surface area contributed by atoms with Crippen LogP contribution in [0, 0.1) is 6.92 Å². The minimum absolute atomic E-state index is 1.16. The first-order chi connectivity index (χ1) is 6.33. The molecule has 0 saturated heterocycles. The zero-order chi connectivity index (χ0) is 9.26. The topological polar surface area (TPSA) is 17.3 Å². The zero-order valence-corrected chi connectivity index (χ0v) is 7.86. The second kappa shape index (κ2) is 3.05. The Kier molecular flexibility index (Phi) is 1.89. The molecule has 0 atom stereocenters. The van der Waals surface area contributed by atoms with Crippen molar-refractivity contribution < 1.29 is 0 Å². The molecule has 0 saturated carbocycles. The molecular formula is C11H12N2. The highest BCUT2D eigenvalue weighted by Gasteiger charge is 2.01. The summed E-state index contributed by atoms with van der Waals surface area (Å²) in [5, 5.41) is 5.52. The molecule has 0 spiro atoms. The Balaban J connectivity index is 2.77. The summed E-state index contributed by atoms with van der Waals surface area (Å²) in [6.45, 7) is 4.02. The maximum Gasteiger partial charge on any atom is 0.0721 e. The molecule has 0 unspecified atom stereocenters. The number of fused-ring (bicyclic) bond motifs is 1. The predicted octanol–water partition coefficient (Wildman–Crippen LogP) is 2.80. The molecule has 2 aromatic rings. The van der Waals surface area contributed by atoms with Gasteiger partial charge < -0.3 is 0 Å². The van der Waals surface area contributed by atoms with Crippen LogP contribution in [0.5, 0.6) is 0 Å². The fraction of sp³-hybridized carbons (Fsp3) is 0.182. The molecule has 2 rings (SSSR count). The van der Waals surface area contributed by atoms with Crippen molar-refractivity contribution in [2.75, 3.05) is 0 Å². The van der Waals surface area contributed by atoms with Crippen LogP contribution in [0.15, 0.2) is 35.6 Å². The van der Waals surface area contributed by atoms with Gasteiger partial charge in [0, 0.05) is 17.8 Å². The van der Waals surface area contributed by atoms with Crippen molar-refractivity contribution >= 4 is 17.1 Å². The average molecular weight is 172 g/mol. The quantitative estimate of drug-likeness (QED) is 0.588. The molecule has 66 valence electrons. The minimum Gasteiger partial charge on any atom is -0.240 e. The Labute approximate surface area is 77.5 Å². The van der Waals surface area contributed by atoms with Gasteiger partial charge in [-0.15, -0.1) is 0 Å². The number of para-hydroxylation sites is 1. The van der Waals surface area contributed by atoms with Crippen molar-refractivity contribution in [3.8, 4) is 0 Å². The maximum atomic E-state index is 4.25. The number of aromatic nitrogens is 1. The lowest BCUT2D eigenvalue weighted by molar-refractivity contribution is 0.927. The molecule has 0 amide bonds. The van der Waals surface area contributed by atoms with E-state index < -0.39 is 0 Å². The van der Waals surface area contributed by atoms with E-state index in [2.05, 4.69) is 30.2 Å². The first-order valence-corrected chi connectivity index (χ1v) is 4.38. The largest absolute Gasteiger partial charge is 0.240 e. The molecule has 0 bridgehead atoms. The average Bonchev–Trinajstić information content (AvgIpc) is 2.46. The van der Waals surface area contributed by atoms with Gasteiger partial charge in [0.15, 0.2) is 0 Å². The van der Waals surface area contributed by atoms with E-state index in [-0.39, 0.29) is 0 Å². The predicted molar refractivity (Wildman–Crippen MR) is 56.2 cm³/mol. The molecule has 2 nitrogen and oxygen atoms in total. The highest BCUT2D eigenvalue weighted by atomic mass is 15.3. The van der Waals surface area contributed by atoms with E-state index in [4.69, 9.17) is 0 Å². The maximum absolute atomic E-state index is 4.25. The van der Waals surface area contributed by atoms with Gasteiger partial charge in [-0.3, -0.25) is 0 Å². The van der Waals surface area contributed by atoms with Crippen LogP contribution in [0.3, 0.4) is 0 Å². The molecule has 1 aromatic heterocycles. The Hall–Kier alpha value is -1.57. The third-order valence-electron chi connectivity index (χ3n) is 2.13. The molecule has 0 radical (unpaired) electrons. The zero-order valence-electron chi connectivity index (χ0n) is 7.86. The molecule has 0 fully saturated rings. The van der Waals surface area contributed by atoms with E-state index in [1.165, 1.54) is 10.9 Å². The number of hydrogen-bond acceptors (Lipinski definition) is 1. The fourth-order valence-electron chi connectivity index (χ4n) is 1.55. The van der Waals surface area contributed by atoms with E-state index >= 15 is 0 Å². The second-order valence-corrected chi connectivity index (χ2v) is 3.05. The van der Waals surface area contributed by atoms with Gasteiger partial charge in [0.1, 0.15) is 0 Å². The normalized spacial score (nSPS) is 11.5. The van der Waals surface area contributed by atoms with Gasteiger partial charge >= 0.3 is 0 Å². The molecule has 0 N–H and O–H groups in total. The monoisotopic (exact) mass is 172 g/mol. The molecule has 0 aliphatic carbocycles. The van der Waals surface area contributed by atoms with Gasteiger partial charge in [-0.05, 0) is 25.5 Å². The Morgan fingerprint density at radius 3 is 2.85 bits per heavy atom. The first-order valence-electron chi connectivity index (χ1n) is 4.38. The van der Waals surface area contributed by atoms with Crippen LogP contribution in [-0.4, -0.2) is 10.9 Å². The smallest absolute Gasteiger partial charge is 0.0721 e. The summed E-state index contributed by atoms with van der Waals surface area (Å²) in [5.41, 5.74) is 2.43. The van der Waals surface area contributed by atoms with Crippen LogP contribution in [-0.2, 0) is 0 Å². The van der Waals surface area contributed by atoms with Crippen LogP contribution in [0.2, 0.25) is 0 Å². The van der Waals surface area contributed by atoms with Crippen molar-refractivity contribution in [3.05, 3.63) is 36.0 Å². The molecule has 13 heavy (non-hydrogen) atoms. The van der Waals surface area contributed by atoms with Crippen LogP contribution >= 0.6 is 0 Å². The SMILES string of the molecule is C/C=N/n1cc(C)c2ccccc21.